The molecule has 2 nitrogen and oxygen atoms in total. The largest absolute Gasteiger partial charge is 0.508 e. The summed E-state index contributed by atoms with van der Waals surface area (Å²) in [7, 11) is 0. The van der Waals surface area contributed by atoms with Gasteiger partial charge in [0.05, 0.1) is 0 Å². The highest BCUT2D eigenvalue weighted by atomic mass is 16.3. The van der Waals surface area contributed by atoms with Gasteiger partial charge in [0.25, 0.3) is 0 Å². The van der Waals surface area contributed by atoms with Crippen molar-refractivity contribution in [3.63, 3.8) is 0 Å². The second-order valence-corrected chi connectivity index (χ2v) is 4.91. The summed E-state index contributed by atoms with van der Waals surface area (Å²) in [6.45, 7) is 7.75. The minimum atomic E-state index is 0.342. The van der Waals surface area contributed by atoms with Gasteiger partial charge in [0.1, 0.15) is 5.75 Å². The van der Waals surface area contributed by atoms with Crippen LogP contribution in [0, 0.1) is 5.92 Å². The van der Waals surface area contributed by atoms with Gasteiger partial charge in [0.2, 0.25) is 0 Å². The zero-order chi connectivity index (χ0) is 12.0. The van der Waals surface area contributed by atoms with Gasteiger partial charge in [-0.05, 0) is 49.9 Å². The van der Waals surface area contributed by atoms with Crippen LogP contribution in [-0.4, -0.2) is 17.7 Å². The lowest BCUT2D eigenvalue weighted by Crippen LogP contribution is -2.29. The van der Waals surface area contributed by atoms with Crippen LogP contribution in [0.3, 0.4) is 0 Å². The highest BCUT2D eigenvalue weighted by Crippen LogP contribution is 2.11. The smallest absolute Gasteiger partial charge is 0.115 e. The van der Waals surface area contributed by atoms with Crippen molar-refractivity contribution in [3.05, 3.63) is 29.8 Å². The standard InChI is InChI=1S/C14H23NO/c1-11(2)10-15-12(3)4-5-13-6-8-14(16)9-7-13/h6-9,11-12,15-16H,4-5,10H2,1-3H3. The van der Waals surface area contributed by atoms with Crippen molar-refractivity contribution in [2.75, 3.05) is 6.54 Å². The molecule has 0 aliphatic rings. The van der Waals surface area contributed by atoms with E-state index in [0.29, 0.717) is 17.7 Å². The van der Waals surface area contributed by atoms with Crippen LogP contribution in [-0.2, 0) is 6.42 Å². The molecule has 0 fully saturated rings. The molecule has 0 saturated heterocycles. The second-order valence-electron chi connectivity index (χ2n) is 4.91. The first-order valence-electron chi connectivity index (χ1n) is 6.09. The second kappa shape index (κ2) is 6.54. The maximum atomic E-state index is 9.17. The summed E-state index contributed by atoms with van der Waals surface area (Å²) in [6.07, 6.45) is 2.20. The van der Waals surface area contributed by atoms with Gasteiger partial charge in [-0.25, -0.2) is 0 Å². The lowest BCUT2D eigenvalue weighted by atomic mass is 10.1. The van der Waals surface area contributed by atoms with Gasteiger partial charge in [-0.15, -0.1) is 0 Å². The van der Waals surface area contributed by atoms with E-state index in [-0.39, 0.29) is 0 Å². The van der Waals surface area contributed by atoms with Crippen molar-refractivity contribution in [2.45, 2.75) is 39.7 Å². The maximum absolute atomic E-state index is 9.17. The van der Waals surface area contributed by atoms with E-state index in [1.54, 1.807) is 12.1 Å². The summed E-state index contributed by atoms with van der Waals surface area (Å²) in [4.78, 5) is 0. The Kier molecular flexibility index (Phi) is 5.33. The van der Waals surface area contributed by atoms with E-state index in [1.807, 2.05) is 12.1 Å². The fraction of sp³-hybridized carbons (Fsp3) is 0.571. The molecule has 1 aromatic carbocycles. The molecule has 16 heavy (non-hydrogen) atoms. The number of hydrogen-bond acceptors (Lipinski definition) is 2. The van der Waals surface area contributed by atoms with Crippen molar-refractivity contribution in [3.8, 4) is 5.75 Å². The SMILES string of the molecule is CC(C)CNC(C)CCc1ccc(O)cc1. The Balaban J connectivity index is 2.26. The van der Waals surface area contributed by atoms with Crippen LogP contribution in [0.4, 0.5) is 0 Å². The van der Waals surface area contributed by atoms with Crippen molar-refractivity contribution in [1.82, 2.24) is 5.32 Å². The predicted octanol–water partition coefficient (Wildman–Crippen LogP) is 2.96. The van der Waals surface area contributed by atoms with Crippen LogP contribution in [0.15, 0.2) is 24.3 Å². The van der Waals surface area contributed by atoms with Crippen molar-refractivity contribution < 1.29 is 5.11 Å². The number of aromatic hydroxyl groups is 1. The van der Waals surface area contributed by atoms with Crippen LogP contribution in [0.2, 0.25) is 0 Å². The normalized spacial score (nSPS) is 13.0. The highest BCUT2D eigenvalue weighted by molar-refractivity contribution is 5.25. The third-order valence-electron chi connectivity index (χ3n) is 2.68. The van der Waals surface area contributed by atoms with Crippen LogP contribution < -0.4 is 5.32 Å². The van der Waals surface area contributed by atoms with Gasteiger partial charge >= 0.3 is 0 Å². The molecule has 1 rings (SSSR count). The molecule has 2 heteroatoms. The molecular formula is C14H23NO. The summed E-state index contributed by atoms with van der Waals surface area (Å²) in [5.74, 6) is 1.05. The molecule has 0 spiro atoms. The average Bonchev–Trinajstić information content (AvgIpc) is 2.25. The van der Waals surface area contributed by atoms with E-state index in [9.17, 15) is 0 Å². The molecule has 0 amide bonds. The van der Waals surface area contributed by atoms with Crippen molar-refractivity contribution >= 4 is 0 Å². The Labute approximate surface area is 98.7 Å². The molecule has 0 saturated carbocycles. The molecule has 0 heterocycles. The lowest BCUT2D eigenvalue weighted by molar-refractivity contribution is 0.463. The molecular weight excluding hydrogens is 198 g/mol. The molecule has 1 aromatic rings. The highest BCUT2D eigenvalue weighted by Gasteiger charge is 2.03. The molecule has 0 aromatic heterocycles. The minimum Gasteiger partial charge on any atom is -0.508 e. The first-order valence-corrected chi connectivity index (χ1v) is 6.09. The van der Waals surface area contributed by atoms with E-state index in [2.05, 4.69) is 26.1 Å². The molecule has 0 aliphatic carbocycles. The van der Waals surface area contributed by atoms with E-state index in [4.69, 9.17) is 5.11 Å². The topological polar surface area (TPSA) is 32.3 Å². The zero-order valence-corrected chi connectivity index (χ0v) is 10.5. The van der Waals surface area contributed by atoms with Crippen LogP contribution in [0.5, 0.6) is 5.75 Å². The lowest BCUT2D eigenvalue weighted by Gasteiger charge is -2.15. The van der Waals surface area contributed by atoms with E-state index < -0.39 is 0 Å². The monoisotopic (exact) mass is 221 g/mol. The summed E-state index contributed by atoms with van der Waals surface area (Å²) in [5, 5.41) is 12.7. The summed E-state index contributed by atoms with van der Waals surface area (Å²) in [6, 6.07) is 8.04. The molecule has 1 unspecified atom stereocenters. The van der Waals surface area contributed by atoms with Gasteiger partial charge in [0, 0.05) is 6.04 Å². The van der Waals surface area contributed by atoms with Gasteiger partial charge < -0.3 is 10.4 Å². The average molecular weight is 221 g/mol. The van der Waals surface area contributed by atoms with E-state index in [0.717, 1.165) is 19.4 Å². The molecule has 0 aliphatic heterocycles. The van der Waals surface area contributed by atoms with Crippen LogP contribution >= 0.6 is 0 Å². The Morgan fingerprint density at radius 3 is 2.31 bits per heavy atom. The molecule has 0 bridgehead atoms. The van der Waals surface area contributed by atoms with Gasteiger partial charge in [-0.2, -0.15) is 0 Å². The zero-order valence-electron chi connectivity index (χ0n) is 10.5. The van der Waals surface area contributed by atoms with Crippen LogP contribution in [0.25, 0.3) is 0 Å². The fourth-order valence-electron chi connectivity index (χ4n) is 1.58. The Hall–Kier alpha value is -1.02. The Morgan fingerprint density at radius 1 is 1.12 bits per heavy atom. The maximum Gasteiger partial charge on any atom is 0.115 e. The fourth-order valence-corrected chi connectivity index (χ4v) is 1.58. The molecule has 2 N–H and O–H groups in total. The molecule has 90 valence electrons. The number of nitrogens with one attached hydrogen (secondary N) is 1. The minimum absolute atomic E-state index is 0.342. The first-order chi connectivity index (χ1) is 7.58. The molecule has 0 radical (unpaired) electrons. The quantitative estimate of drug-likeness (QED) is 0.774. The van der Waals surface area contributed by atoms with Crippen LogP contribution in [0.1, 0.15) is 32.8 Å². The first kappa shape index (κ1) is 13.0. The number of phenolic OH excluding ortho intramolecular Hbond substituents is 1. The predicted molar refractivity (Wildman–Crippen MR) is 68.7 cm³/mol. The number of rotatable bonds is 6. The number of aryl methyl sites for hydroxylation is 1. The van der Waals surface area contributed by atoms with Crippen molar-refractivity contribution in [1.29, 1.82) is 0 Å². The number of hydrogen-bond donors (Lipinski definition) is 2. The number of phenols is 1. The van der Waals surface area contributed by atoms with Crippen molar-refractivity contribution in [2.24, 2.45) is 5.92 Å². The van der Waals surface area contributed by atoms with E-state index >= 15 is 0 Å². The van der Waals surface area contributed by atoms with E-state index in [1.165, 1.54) is 5.56 Å². The van der Waals surface area contributed by atoms with Gasteiger partial charge in [-0.3, -0.25) is 0 Å². The van der Waals surface area contributed by atoms with Gasteiger partial charge in [-0.1, -0.05) is 26.0 Å². The molecule has 1 atom stereocenters. The summed E-state index contributed by atoms with van der Waals surface area (Å²) < 4.78 is 0. The summed E-state index contributed by atoms with van der Waals surface area (Å²) >= 11 is 0. The third-order valence-corrected chi connectivity index (χ3v) is 2.68. The summed E-state index contributed by atoms with van der Waals surface area (Å²) in [5.41, 5.74) is 1.29. The van der Waals surface area contributed by atoms with Gasteiger partial charge in [0.15, 0.2) is 0 Å². The Bertz CT molecular complexity index is 292. The third kappa shape index (κ3) is 5.17. The number of benzene rings is 1. The Morgan fingerprint density at radius 2 is 1.75 bits per heavy atom.